The molecule has 7 heavy (non-hydrogen) atoms. The van der Waals surface area contributed by atoms with Crippen LogP contribution in [0.2, 0.25) is 0 Å². The topological polar surface area (TPSA) is 23.9 Å². The number of hydrogen-bond acceptors (Lipinski definition) is 2. The van der Waals surface area contributed by atoms with E-state index in [0.717, 1.165) is 0 Å². The summed E-state index contributed by atoms with van der Waals surface area (Å²) < 4.78 is 0. The van der Waals surface area contributed by atoms with Crippen LogP contribution in [0, 0.1) is 11.3 Å². The fraction of sp³-hybridized carbons (Fsp3) is 0.800. The Balaban J connectivity index is 3.33. The molecule has 2 heteroatoms. The third-order valence-electron chi connectivity index (χ3n) is 1.02. The van der Waals surface area contributed by atoms with Crippen LogP contribution >= 0.6 is 12.6 Å². The molecule has 0 aromatic rings. The van der Waals surface area contributed by atoms with Crippen LogP contribution in [-0.2, 0) is 0 Å². The summed E-state index contributed by atoms with van der Waals surface area (Å²) in [5, 5.41) is 7.08. The van der Waals surface area contributed by atoms with Crippen molar-refractivity contribution in [3.8, 4) is 0 Å². The van der Waals surface area contributed by atoms with Crippen molar-refractivity contribution in [1.82, 2.24) is 0 Å². The zero-order valence-electron chi connectivity index (χ0n) is 4.68. The lowest BCUT2D eigenvalue weighted by Crippen LogP contribution is -2.06. The van der Waals surface area contributed by atoms with Crippen molar-refractivity contribution in [3.05, 3.63) is 0 Å². The minimum atomic E-state index is 0.309. The highest BCUT2D eigenvalue weighted by atomic mass is 32.1. The second kappa shape index (κ2) is 3.08. The molecule has 2 atom stereocenters. The van der Waals surface area contributed by atoms with Gasteiger partial charge in [-0.1, -0.05) is 13.8 Å². The van der Waals surface area contributed by atoms with Crippen LogP contribution in [0.3, 0.4) is 0 Å². The van der Waals surface area contributed by atoms with Gasteiger partial charge in [0.2, 0.25) is 0 Å². The predicted molar refractivity (Wildman–Crippen MR) is 36.4 cm³/mol. The molecule has 0 rings (SSSR count). The first-order valence-corrected chi connectivity index (χ1v) is 2.88. The van der Waals surface area contributed by atoms with E-state index >= 15 is 0 Å². The largest absolute Gasteiger partial charge is 0.313 e. The lowest BCUT2D eigenvalue weighted by molar-refractivity contribution is 0.775. The van der Waals surface area contributed by atoms with Crippen LogP contribution in [0.25, 0.3) is 0 Å². The van der Waals surface area contributed by atoms with Gasteiger partial charge in [-0.2, -0.15) is 12.6 Å². The maximum Gasteiger partial charge on any atom is 0.00633 e. The summed E-state index contributed by atoms with van der Waals surface area (Å²) in [6.45, 7) is 3.96. The zero-order valence-corrected chi connectivity index (χ0v) is 5.57. The molecule has 0 saturated heterocycles. The molecule has 0 bridgehead atoms. The molecule has 0 saturated carbocycles. The zero-order chi connectivity index (χ0) is 5.86. The first-order valence-electron chi connectivity index (χ1n) is 2.37. The minimum Gasteiger partial charge on any atom is -0.313 e. The summed E-state index contributed by atoms with van der Waals surface area (Å²) in [7, 11) is 0. The van der Waals surface area contributed by atoms with Crippen LogP contribution < -0.4 is 0 Å². The van der Waals surface area contributed by atoms with Crippen LogP contribution in [-0.4, -0.2) is 11.5 Å². The van der Waals surface area contributed by atoms with Crippen molar-refractivity contribution in [2.45, 2.75) is 19.1 Å². The SMILES string of the molecule is CC(S)C(C)C=N. The van der Waals surface area contributed by atoms with Gasteiger partial charge in [0.25, 0.3) is 0 Å². The van der Waals surface area contributed by atoms with Gasteiger partial charge in [-0.25, -0.2) is 0 Å². The van der Waals surface area contributed by atoms with Gasteiger partial charge >= 0.3 is 0 Å². The highest BCUT2D eigenvalue weighted by Gasteiger charge is 2.00. The van der Waals surface area contributed by atoms with Gasteiger partial charge in [-0.3, -0.25) is 0 Å². The van der Waals surface area contributed by atoms with E-state index in [1.807, 2.05) is 13.8 Å². The molecule has 0 aromatic carbocycles. The molecule has 1 nitrogen and oxygen atoms in total. The fourth-order valence-electron chi connectivity index (χ4n) is 0.139. The van der Waals surface area contributed by atoms with E-state index in [1.165, 1.54) is 6.21 Å². The van der Waals surface area contributed by atoms with Crippen molar-refractivity contribution in [2.75, 3.05) is 0 Å². The van der Waals surface area contributed by atoms with Crippen molar-refractivity contribution >= 4 is 18.8 Å². The standard InChI is InChI=1S/C5H11NS/c1-4(3-6)5(2)7/h3-7H,1-2H3. The average molecular weight is 117 g/mol. The van der Waals surface area contributed by atoms with Crippen molar-refractivity contribution in [3.63, 3.8) is 0 Å². The molecule has 42 valence electrons. The number of rotatable bonds is 2. The lowest BCUT2D eigenvalue weighted by Gasteiger charge is -2.05. The van der Waals surface area contributed by atoms with Crippen molar-refractivity contribution in [2.24, 2.45) is 5.92 Å². The molecule has 0 amide bonds. The molecule has 0 fully saturated rings. The van der Waals surface area contributed by atoms with E-state index in [9.17, 15) is 0 Å². The summed E-state index contributed by atoms with van der Waals surface area (Å²) >= 11 is 4.12. The lowest BCUT2D eigenvalue weighted by atomic mass is 10.1. The highest BCUT2D eigenvalue weighted by molar-refractivity contribution is 7.81. The quantitative estimate of drug-likeness (QED) is 0.405. The summed E-state index contributed by atoms with van der Waals surface area (Å²) in [5.74, 6) is 0.309. The fourth-order valence-corrected chi connectivity index (χ4v) is 0.225. The maximum absolute atomic E-state index is 6.77. The Hall–Kier alpha value is 0.0200. The molecule has 0 aromatic heterocycles. The smallest absolute Gasteiger partial charge is 0.00633 e. The molecule has 1 N–H and O–H groups in total. The van der Waals surface area contributed by atoms with E-state index in [-0.39, 0.29) is 0 Å². The number of nitrogens with one attached hydrogen (secondary N) is 1. The Kier molecular flexibility index (Phi) is 3.09. The van der Waals surface area contributed by atoms with E-state index in [1.54, 1.807) is 0 Å². The molecule has 0 aliphatic rings. The molecule has 0 aliphatic carbocycles. The van der Waals surface area contributed by atoms with E-state index in [2.05, 4.69) is 12.6 Å². The second-order valence-electron chi connectivity index (χ2n) is 1.77. The van der Waals surface area contributed by atoms with Gasteiger partial charge in [-0.05, 0) is 6.21 Å². The van der Waals surface area contributed by atoms with Gasteiger partial charge in [-0.15, -0.1) is 0 Å². The van der Waals surface area contributed by atoms with Crippen molar-refractivity contribution < 1.29 is 0 Å². The molecule has 0 spiro atoms. The number of hydrogen-bond donors (Lipinski definition) is 2. The molecule has 0 aliphatic heterocycles. The summed E-state index contributed by atoms with van der Waals surface area (Å²) in [4.78, 5) is 0. The third kappa shape index (κ3) is 2.68. The summed E-state index contributed by atoms with van der Waals surface area (Å²) in [6.07, 6.45) is 1.41. The molecule has 0 radical (unpaired) electrons. The Morgan fingerprint density at radius 3 is 2.00 bits per heavy atom. The van der Waals surface area contributed by atoms with E-state index in [0.29, 0.717) is 11.2 Å². The van der Waals surface area contributed by atoms with Gasteiger partial charge in [0.1, 0.15) is 0 Å². The Morgan fingerprint density at radius 2 is 2.00 bits per heavy atom. The molecular weight excluding hydrogens is 106 g/mol. The monoisotopic (exact) mass is 117 g/mol. The first kappa shape index (κ1) is 7.02. The highest BCUT2D eigenvalue weighted by Crippen LogP contribution is 2.03. The maximum atomic E-state index is 6.77. The average Bonchev–Trinajstić information content (AvgIpc) is 1.65. The third-order valence-corrected chi connectivity index (χ3v) is 1.49. The normalized spacial score (nSPS) is 18.1. The Labute approximate surface area is 50.0 Å². The molecule has 2 unspecified atom stereocenters. The Bertz CT molecular complexity index is 61.1. The van der Waals surface area contributed by atoms with E-state index < -0.39 is 0 Å². The summed E-state index contributed by atoms with van der Waals surface area (Å²) in [5.41, 5.74) is 0. The molecule has 0 heterocycles. The Morgan fingerprint density at radius 1 is 1.57 bits per heavy atom. The number of thiol groups is 1. The van der Waals surface area contributed by atoms with Gasteiger partial charge in [0.15, 0.2) is 0 Å². The van der Waals surface area contributed by atoms with Gasteiger partial charge in [0, 0.05) is 11.2 Å². The van der Waals surface area contributed by atoms with Crippen molar-refractivity contribution in [1.29, 1.82) is 5.41 Å². The van der Waals surface area contributed by atoms with Crippen LogP contribution in [0.15, 0.2) is 0 Å². The first-order chi connectivity index (χ1) is 3.18. The summed E-state index contributed by atoms with van der Waals surface area (Å²) in [6, 6.07) is 0. The van der Waals surface area contributed by atoms with Crippen LogP contribution in [0.5, 0.6) is 0 Å². The minimum absolute atomic E-state index is 0.309. The van der Waals surface area contributed by atoms with Gasteiger partial charge < -0.3 is 5.41 Å². The van der Waals surface area contributed by atoms with E-state index in [4.69, 9.17) is 5.41 Å². The predicted octanol–water partition coefficient (Wildman–Crippen LogP) is 1.59. The van der Waals surface area contributed by atoms with Gasteiger partial charge in [0.05, 0.1) is 0 Å². The van der Waals surface area contributed by atoms with Crippen LogP contribution in [0.1, 0.15) is 13.8 Å². The second-order valence-corrected chi connectivity index (χ2v) is 2.58. The molecular formula is C5H11NS. The van der Waals surface area contributed by atoms with Crippen LogP contribution in [0.4, 0.5) is 0 Å².